The van der Waals surface area contributed by atoms with Crippen LogP contribution in [-0.4, -0.2) is 26.5 Å². The van der Waals surface area contributed by atoms with Gasteiger partial charge in [0.25, 0.3) is 0 Å². The molecule has 5 rings (SSSR count). The van der Waals surface area contributed by atoms with Crippen LogP contribution < -0.4 is 10.6 Å². The third-order valence-corrected chi connectivity index (χ3v) is 6.89. The van der Waals surface area contributed by atoms with Gasteiger partial charge in [-0.1, -0.05) is 55.8 Å². The Morgan fingerprint density at radius 1 is 1.21 bits per heavy atom. The molecule has 2 heterocycles. The zero-order valence-electron chi connectivity index (χ0n) is 21.3. The summed E-state index contributed by atoms with van der Waals surface area (Å²) < 4.78 is 17.0. The van der Waals surface area contributed by atoms with Crippen molar-refractivity contribution in [3.8, 4) is 12.1 Å². The first-order valence-electron chi connectivity index (χ1n) is 12.3. The van der Waals surface area contributed by atoms with E-state index in [-0.39, 0.29) is 10.9 Å². The second-order valence-corrected chi connectivity index (χ2v) is 11.2. The predicted octanol–water partition coefficient (Wildman–Crippen LogP) is 6.16. The van der Waals surface area contributed by atoms with E-state index in [2.05, 4.69) is 58.8 Å². The average Bonchev–Trinajstić information content (AvgIpc) is 3.53. The summed E-state index contributed by atoms with van der Waals surface area (Å²) in [6, 6.07) is 14.3. The highest BCUT2D eigenvalue weighted by atomic mass is 35.5. The van der Waals surface area contributed by atoms with Gasteiger partial charge in [0.1, 0.15) is 17.3 Å². The zero-order valence-corrected chi connectivity index (χ0v) is 22.0. The average molecular weight is 529 g/mol. The molecule has 2 aromatic heterocycles. The molecule has 1 atom stereocenters. The predicted molar refractivity (Wildman–Crippen MR) is 144 cm³/mol. The van der Waals surface area contributed by atoms with E-state index in [1.807, 2.05) is 18.2 Å². The number of aromatic nitrogens is 4. The summed E-state index contributed by atoms with van der Waals surface area (Å²) in [5, 5.41) is 35.6. The van der Waals surface area contributed by atoms with Crippen molar-refractivity contribution in [3.05, 3.63) is 76.5 Å². The molecule has 4 aromatic rings. The van der Waals surface area contributed by atoms with Gasteiger partial charge >= 0.3 is 0 Å². The fourth-order valence-corrected chi connectivity index (χ4v) is 4.53. The first-order chi connectivity index (χ1) is 18.1. The van der Waals surface area contributed by atoms with E-state index in [1.165, 1.54) is 12.3 Å². The Morgan fingerprint density at radius 3 is 2.63 bits per heavy atom. The molecule has 1 fully saturated rings. The van der Waals surface area contributed by atoms with Gasteiger partial charge in [0.15, 0.2) is 11.4 Å². The lowest BCUT2D eigenvalue weighted by atomic mass is 9.96. The number of nitrogens with one attached hydrogen (secondary N) is 2. The minimum absolute atomic E-state index is 0.0694. The fraction of sp³-hybridized carbons (Fsp3) is 0.321. The van der Waals surface area contributed by atoms with Crippen molar-refractivity contribution in [2.75, 3.05) is 17.2 Å². The van der Waals surface area contributed by atoms with E-state index in [4.69, 9.17) is 11.6 Å². The molecule has 10 heteroatoms. The largest absolute Gasteiger partial charge is 0.383 e. The van der Waals surface area contributed by atoms with E-state index in [9.17, 15) is 10.5 Å². The molecule has 0 unspecified atom stereocenters. The maximum absolute atomic E-state index is 15.4. The lowest BCUT2D eigenvalue weighted by Gasteiger charge is -2.22. The summed E-state index contributed by atoms with van der Waals surface area (Å²) in [6.45, 7) is 6.79. The molecule has 0 aliphatic heterocycles. The Labute approximate surface area is 225 Å². The highest BCUT2D eigenvalue weighted by molar-refractivity contribution is 6.31. The summed E-state index contributed by atoms with van der Waals surface area (Å²) in [7, 11) is 0. The third-order valence-electron chi connectivity index (χ3n) is 6.55. The topological polar surface area (TPSA) is 115 Å². The lowest BCUT2D eigenvalue weighted by molar-refractivity contribution is 0.443. The van der Waals surface area contributed by atoms with E-state index in [0.29, 0.717) is 52.4 Å². The van der Waals surface area contributed by atoms with Crippen molar-refractivity contribution >= 4 is 33.9 Å². The molecule has 0 saturated heterocycles. The number of fused-ring (bicyclic) bond motifs is 1. The molecule has 8 nitrogen and oxygen atoms in total. The molecule has 2 N–H and O–H groups in total. The lowest BCUT2D eigenvalue weighted by Crippen LogP contribution is -2.20. The number of nitriles is 2. The Morgan fingerprint density at radius 2 is 1.97 bits per heavy atom. The fourth-order valence-electron chi connectivity index (χ4n) is 4.29. The molecule has 0 radical (unpaired) electrons. The summed E-state index contributed by atoms with van der Waals surface area (Å²) >= 11 is 6.57. The van der Waals surface area contributed by atoms with Crippen LogP contribution in [0.1, 0.15) is 56.5 Å². The number of hydrogen-bond donors (Lipinski definition) is 2. The van der Waals surface area contributed by atoms with Gasteiger partial charge in [-0.05, 0) is 42.0 Å². The zero-order chi connectivity index (χ0) is 27.1. The van der Waals surface area contributed by atoms with Gasteiger partial charge in [-0.25, -0.2) is 9.07 Å². The normalized spacial score (nSPS) is 14.9. The molecule has 38 heavy (non-hydrogen) atoms. The van der Waals surface area contributed by atoms with Gasteiger partial charge < -0.3 is 10.6 Å². The van der Waals surface area contributed by atoms with Gasteiger partial charge in [-0.2, -0.15) is 10.5 Å². The molecule has 0 amide bonds. The van der Waals surface area contributed by atoms with E-state index in [1.54, 1.807) is 23.0 Å². The van der Waals surface area contributed by atoms with Crippen LogP contribution in [0.4, 0.5) is 15.8 Å². The highest BCUT2D eigenvalue weighted by Gasteiger charge is 2.47. The summed E-state index contributed by atoms with van der Waals surface area (Å²) in [5.41, 5.74) is 1.99. The maximum atomic E-state index is 15.4. The van der Waals surface area contributed by atoms with Crippen LogP contribution in [0.5, 0.6) is 0 Å². The number of nitrogens with zero attached hydrogens (tertiary/aromatic N) is 6. The minimum Gasteiger partial charge on any atom is -0.383 e. The first-order valence-corrected chi connectivity index (χ1v) is 12.6. The van der Waals surface area contributed by atoms with Crippen LogP contribution in [-0.2, 0) is 5.54 Å². The van der Waals surface area contributed by atoms with Gasteiger partial charge in [0.2, 0.25) is 0 Å². The molecular weight excluding hydrogens is 503 g/mol. The minimum atomic E-state index is -0.668. The van der Waals surface area contributed by atoms with Crippen LogP contribution in [0.3, 0.4) is 0 Å². The third kappa shape index (κ3) is 4.85. The summed E-state index contributed by atoms with van der Waals surface area (Å²) in [6.07, 6.45) is 4.55. The van der Waals surface area contributed by atoms with Crippen molar-refractivity contribution < 1.29 is 4.39 Å². The van der Waals surface area contributed by atoms with Gasteiger partial charge in [0.05, 0.1) is 29.6 Å². The smallest absolute Gasteiger partial charge is 0.151 e. The number of hydrogen-bond acceptors (Lipinski definition) is 7. The van der Waals surface area contributed by atoms with Gasteiger partial charge in [-0.3, -0.25) is 4.98 Å². The molecule has 192 valence electrons. The quantitative estimate of drug-likeness (QED) is 0.295. The van der Waals surface area contributed by atoms with E-state index in [0.717, 1.165) is 5.56 Å². The van der Waals surface area contributed by atoms with Crippen LogP contribution >= 0.6 is 11.6 Å². The number of pyridine rings is 1. The van der Waals surface area contributed by atoms with Crippen molar-refractivity contribution in [1.29, 1.82) is 10.5 Å². The molecule has 1 aliphatic carbocycles. The Balaban J connectivity index is 1.60. The van der Waals surface area contributed by atoms with Gasteiger partial charge in [0, 0.05) is 28.8 Å². The second-order valence-electron chi connectivity index (χ2n) is 10.8. The van der Waals surface area contributed by atoms with Gasteiger partial charge in [-0.15, -0.1) is 5.10 Å². The molecule has 0 spiro atoms. The molecule has 0 bridgehead atoms. The van der Waals surface area contributed by atoms with E-state index >= 15 is 4.39 Å². The van der Waals surface area contributed by atoms with Crippen LogP contribution in [0, 0.1) is 33.9 Å². The Kier molecular flexibility index (Phi) is 6.42. The Hall–Kier alpha value is -4.21. The number of rotatable bonds is 7. The SMILES string of the molecule is CC(C)(C)CNc1c(C#N)cnc2c(F)cc(N[C@H](c3cn(C4(C#N)CC4)nn3)c3ccccc3Cl)cc12. The number of halogens is 2. The standard InChI is InChI=1S/C28H26ClFN8/c1-27(2,3)16-34-24-17(12-31)13-33-25-20(24)10-18(11-22(25)30)35-26(19-6-4-5-7-21(19)29)23-14-38(37-36-23)28(15-32)8-9-28/h4-7,10-11,13-14,26,35H,8-9,16H2,1-3H3,(H,33,34)/t26-/m0/s1. The van der Waals surface area contributed by atoms with E-state index < -0.39 is 17.4 Å². The molecular formula is C28H26ClFN8. The van der Waals surface area contributed by atoms with Crippen LogP contribution in [0.15, 0.2) is 48.8 Å². The van der Waals surface area contributed by atoms with Crippen molar-refractivity contribution in [2.24, 2.45) is 5.41 Å². The van der Waals surface area contributed by atoms with Crippen molar-refractivity contribution in [2.45, 2.75) is 45.2 Å². The molecule has 1 aliphatic rings. The van der Waals surface area contributed by atoms with Crippen molar-refractivity contribution in [1.82, 2.24) is 20.0 Å². The molecule has 1 saturated carbocycles. The molecule has 2 aromatic carbocycles. The number of benzene rings is 2. The number of anilines is 2. The summed E-state index contributed by atoms with van der Waals surface area (Å²) in [5.74, 6) is -0.531. The maximum Gasteiger partial charge on any atom is 0.151 e. The first kappa shape index (κ1) is 25.4. The monoisotopic (exact) mass is 528 g/mol. The highest BCUT2D eigenvalue weighted by Crippen LogP contribution is 2.43. The van der Waals surface area contributed by atoms with Crippen molar-refractivity contribution in [3.63, 3.8) is 0 Å². The van der Waals surface area contributed by atoms with Crippen LogP contribution in [0.2, 0.25) is 5.02 Å². The van der Waals surface area contributed by atoms with Crippen LogP contribution in [0.25, 0.3) is 10.9 Å². The second kappa shape index (κ2) is 9.59. The summed E-state index contributed by atoms with van der Waals surface area (Å²) in [4.78, 5) is 4.21. The Bertz CT molecular complexity index is 1600.